The van der Waals surface area contributed by atoms with Gasteiger partial charge < -0.3 is 14.7 Å². The van der Waals surface area contributed by atoms with Crippen molar-refractivity contribution >= 4 is 29.0 Å². The molecule has 1 saturated carbocycles. The van der Waals surface area contributed by atoms with E-state index in [0.29, 0.717) is 30.3 Å². The number of methoxy groups -OCH3 is 1. The summed E-state index contributed by atoms with van der Waals surface area (Å²) in [7, 11) is 1.41. The molecule has 1 fully saturated rings. The topological polar surface area (TPSA) is 66.8 Å². The highest BCUT2D eigenvalue weighted by atomic mass is 32.1. The van der Waals surface area contributed by atoms with E-state index in [4.69, 9.17) is 4.74 Å². The summed E-state index contributed by atoms with van der Waals surface area (Å²) in [6, 6.07) is 12.0. The molecule has 1 aliphatic carbocycles. The van der Waals surface area contributed by atoms with Crippen LogP contribution in [0.2, 0.25) is 0 Å². The van der Waals surface area contributed by atoms with Crippen LogP contribution in [-0.4, -0.2) is 42.3 Å². The lowest BCUT2D eigenvalue weighted by molar-refractivity contribution is 0.0701. The van der Waals surface area contributed by atoms with E-state index in [2.05, 4.69) is 6.92 Å². The van der Waals surface area contributed by atoms with Crippen molar-refractivity contribution in [2.24, 2.45) is 11.8 Å². The maximum absolute atomic E-state index is 12.2. The van der Waals surface area contributed by atoms with Crippen LogP contribution >= 0.6 is 11.3 Å². The number of thiophene rings is 1. The molecule has 2 aliphatic rings. The standard InChI is InChI=1S/C25H29NO4S/c1-16-8-10-17(11-9-16)21-15-26(25(29)30-2)13-12-19(21)20-14-22(31-23(20)24(27)28)18-6-4-3-5-7-18/h3-7,14,16-17H,8-13,15H2,1-2H3,(H,27,28). The summed E-state index contributed by atoms with van der Waals surface area (Å²) in [5, 5.41) is 9.97. The number of rotatable bonds is 4. The highest BCUT2D eigenvalue weighted by molar-refractivity contribution is 7.17. The number of benzene rings is 1. The zero-order valence-corrected chi connectivity index (χ0v) is 18.9. The van der Waals surface area contributed by atoms with Gasteiger partial charge in [-0.1, -0.05) is 50.1 Å². The molecule has 2 heterocycles. The van der Waals surface area contributed by atoms with E-state index in [-0.39, 0.29) is 6.09 Å². The fourth-order valence-corrected chi connectivity index (χ4v) is 5.91. The van der Waals surface area contributed by atoms with Gasteiger partial charge in [-0.3, -0.25) is 0 Å². The van der Waals surface area contributed by atoms with E-state index in [1.807, 2.05) is 36.4 Å². The molecule has 0 radical (unpaired) electrons. The van der Waals surface area contributed by atoms with E-state index < -0.39 is 5.97 Å². The van der Waals surface area contributed by atoms with Gasteiger partial charge in [0.15, 0.2) is 0 Å². The van der Waals surface area contributed by atoms with Gasteiger partial charge in [-0.05, 0) is 53.9 Å². The second-order valence-corrected chi connectivity index (χ2v) is 9.68. The Morgan fingerprint density at radius 3 is 2.48 bits per heavy atom. The summed E-state index contributed by atoms with van der Waals surface area (Å²) >= 11 is 1.34. The van der Waals surface area contributed by atoms with E-state index in [1.54, 1.807) is 4.90 Å². The van der Waals surface area contributed by atoms with Crippen LogP contribution in [0.4, 0.5) is 4.79 Å². The molecule has 164 valence electrons. The monoisotopic (exact) mass is 439 g/mol. The van der Waals surface area contributed by atoms with Crippen molar-refractivity contribution in [3.8, 4) is 10.4 Å². The molecule has 31 heavy (non-hydrogen) atoms. The molecule has 2 aromatic rings. The largest absolute Gasteiger partial charge is 0.477 e. The van der Waals surface area contributed by atoms with Crippen molar-refractivity contribution in [1.82, 2.24) is 4.90 Å². The molecule has 1 amide bonds. The molecular weight excluding hydrogens is 410 g/mol. The fourth-order valence-electron chi connectivity index (χ4n) is 4.88. The van der Waals surface area contributed by atoms with Gasteiger partial charge in [-0.15, -0.1) is 11.3 Å². The average Bonchev–Trinajstić information content (AvgIpc) is 3.25. The summed E-state index contributed by atoms with van der Waals surface area (Å²) in [5.41, 5.74) is 4.20. The Hall–Kier alpha value is -2.60. The Labute approximate surface area is 187 Å². The maximum Gasteiger partial charge on any atom is 0.409 e. The second kappa shape index (κ2) is 9.27. The first kappa shape index (κ1) is 21.6. The van der Waals surface area contributed by atoms with Crippen molar-refractivity contribution in [3.05, 3.63) is 52.4 Å². The lowest BCUT2D eigenvalue weighted by Gasteiger charge is -2.36. The van der Waals surface area contributed by atoms with Crippen LogP contribution < -0.4 is 0 Å². The Morgan fingerprint density at radius 2 is 1.84 bits per heavy atom. The minimum Gasteiger partial charge on any atom is -0.477 e. The number of carboxylic acids is 1. The molecule has 1 aromatic heterocycles. The Balaban J connectivity index is 1.79. The number of hydrogen-bond acceptors (Lipinski definition) is 4. The molecule has 1 aromatic carbocycles. The van der Waals surface area contributed by atoms with E-state index in [9.17, 15) is 14.7 Å². The first-order valence-corrected chi connectivity index (χ1v) is 11.8. The van der Waals surface area contributed by atoms with Gasteiger partial charge in [0.2, 0.25) is 0 Å². The second-order valence-electron chi connectivity index (χ2n) is 8.63. The lowest BCUT2D eigenvalue weighted by atomic mass is 9.75. The fraction of sp³-hybridized carbons (Fsp3) is 0.440. The van der Waals surface area contributed by atoms with Crippen LogP contribution in [0, 0.1) is 11.8 Å². The first-order chi connectivity index (χ1) is 15.0. The Bertz CT molecular complexity index is 986. The summed E-state index contributed by atoms with van der Waals surface area (Å²) in [5.74, 6) is 0.225. The van der Waals surface area contributed by atoms with Crippen LogP contribution in [0.3, 0.4) is 0 Å². The number of ether oxygens (including phenoxy) is 1. The van der Waals surface area contributed by atoms with Crippen molar-refractivity contribution in [1.29, 1.82) is 0 Å². The molecule has 1 N–H and O–H groups in total. The number of aromatic carboxylic acids is 1. The number of hydrogen-bond donors (Lipinski definition) is 1. The van der Waals surface area contributed by atoms with Gasteiger partial charge in [-0.2, -0.15) is 0 Å². The molecule has 4 rings (SSSR count). The number of carboxylic acid groups (broad SMARTS) is 1. The van der Waals surface area contributed by atoms with Crippen molar-refractivity contribution in [2.45, 2.75) is 39.0 Å². The molecule has 0 spiro atoms. The van der Waals surface area contributed by atoms with Crippen molar-refractivity contribution in [3.63, 3.8) is 0 Å². The average molecular weight is 440 g/mol. The smallest absolute Gasteiger partial charge is 0.409 e. The zero-order valence-electron chi connectivity index (χ0n) is 18.1. The summed E-state index contributed by atoms with van der Waals surface area (Å²) < 4.78 is 4.98. The highest BCUT2D eigenvalue weighted by Crippen LogP contribution is 2.43. The van der Waals surface area contributed by atoms with Gasteiger partial charge in [-0.25, -0.2) is 9.59 Å². The third-order valence-corrected chi connectivity index (χ3v) is 7.80. The van der Waals surface area contributed by atoms with E-state index in [1.165, 1.54) is 36.9 Å². The number of carbonyl (C=O) groups is 2. The van der Waals surface area contributed by atoms with Crippen LogP contribution in [0.5, 0.6) is 0 Å². The van der Waals surface area contributed by atoms with E-state index in [0.717, 1.165) is 40.3 Å². The summed E-state index contributed by atoms with van der Waals surface area (Å²) in [4.78, 5) is 27.5. The molecule has 6 heteroatoms. The first-order valence-electron chi connectivity index (χ1n) is 11.0. The maximum atomic E-state index is 12.2. The van der Waals surface area contributed by atoms with Gasteiger partial charge >= 0.3 is 12.1 Å². The zero-order chi connectivity index (χ0) is 22.0. The molecular formula is C25H29NO4S. The third-order valence-electron chi connectivity index (χ3n) is 6.63. The van der Waals surface area contributed by atoms with Gasteiger partial charge in [0.1, 0.15) is 4.88 Å². The Morgan fingerprint density at radius 1 is 1.13 bits per heavy atom. The lowest BCUT2D eigenvalue weighted by Crippen LogP contribution is -2.38. The molecule has 0 atom stereocenters. The normalized spacial score (nSPS) is 21.8. The number of carbonyl (C=O) groups excluding carboxylic acids is 1. The molecule has 0 unspecified atom stereocenters. The minimum atomic E-state index is -0.887. The third kappa shape index (κ3) is 4.54. The SMILES string of the molecule is COC(=O)N1CCC(c2cc(-c3ccccc3)sc2C(=O)O)=C(C2CCC(C)CC2)C1. The Kier molecular flexibility index (Phi) is 6.46. The van der Waals surface area contributed by atoms with Gasteiger partial charge in [0, 0.05) is 23.5 Å². The van der Waals surface area contributed by atoms with Gasteiger partial charge in [0.25, 0.3) is 0 Å². The number of nitrogens with zero attached hydrogens (tertiary/aromatic N) is 1. The summed E-state index contributed by atoms with van der Waals surface area (Å²) in [6.07, 6.45) is 4.87. The van der Waals surface area contributed by atoms with Gasteiger partial charge in [0.05, 0.1) is 7.11 Å². The van der Waals surface area contributed by atoms with Crippen LogP contribution in [0.15, 0.2) is 42.0 Å². The van der Waals surface area contributed by atoms with Crippen LogP contribution in [0.25, 0.3) is 16.0 Å². The van der Waals surface area contributed by atoms with Crippen molar-refractivity contribution < 1.29 is 19.4 Å². The van der Waals surface area contributed by atoms with Crippen LogP contribution in [-0.2, 0) is 4.74 Å². The number of amides is 1. The molecule has 0 saturated heterocycles. The van der Waals surface area contributed by atoms with Crippen LogP contribution in [0.1, 0.15) is 54.3 Å². The predicted molar refractivity (Wildman–Crippen MR) is 123 cm³/mol. The molecule has 0 bridgehead atoms. The predicted octanol–water partition coefficient (Wildman–Crippen LogP) is 6.17. The molecule has 1 aliphatic heterocycles. The molecule has 5 nitrogen and oxygen atoms in total. The highest BCUT2D eigenvalue weighted by Gasteiger charge is 2.32. The van der Waals surface area contributed by atoms with Crippen molar-refractivity contribution in [2.75, 3.05) is 20.2 Å². The van der Waals surface area contributed by atoms with E-state index >= 15 is 0 Å². The minimum absolute atomic E-state index is 0.311. The quantitative estimate of drug-likeness (QED) is 0.619. The summed E-state index contributed by atoms with van der Waals surface area (Å²) in [6.45, 7) is 3.36.